The van der Waals surface area contributed by atoms with Gasteiger partial charge in [0, 0.05) is 12.8 Å². The summed E-state index contributed by atoms with van der Waals surface area (Å²) < 4.78 is 18.7. The standard InChI is InChI=1S/C14H15BFNO6/c1-7(18)2-5-11(19)17-10-6-8-3-4-9(16)12(14(20)21)13(8)23-15(10)22/h3-4,10,22H,2,5-6H2,1H3,(H,17,19)(H,20,21)/t10-/m0/s1. The van der Waals surface area contributed by atoms with Crippen LogP contribution in [-0.4, -0.2) is 40.8 Å². The summed E-state index contributed by atoms with van der Waals surface area (Å²) in [5, 5.41) is 21.5. The van der Waals surface area contributed by atoms with Gasteiger partial charge in [0.15, 0.2) is 0 Å². The highest BCUT2D eigenvalue weighted by molar-refractivity contribution is 6.47. The Balaban J connectivity index is 2.15. The molecule has 0 bridgehead atoms. The van der Waals surface area contributed by atoms with Crippen molar-refractivity contribution in [1.82, 2.24) is 5.32 Å². The lowest BCUT2D eigenvalue weighted by Crippen LogP contribution is -2.53. The summed E-state index contributed by atoms with van der Waals surface area (Å²) in [6, 6.07) is 2.34. The molecule has 0 aromatic heterocycles. The number of hydrogen-bond donors (Lipinski definition) is 3. The smallest absolute Gasteiger partial charge is 0.534 e. The number of carboxylic acids is 1. The van der Waals surface area contributed by atoms with Crippen molar-refractivity contribution in [1.29, 1.82) is 0 Å². The lowest BCUT2D eigenvalue weighted by atomic mass is 9.72. The predicted molar refractivity (Wildman–Crippen MR) is 77.5 cm³/mol. The molecule has 0 fully saturated rings. The molecule has 1 aromatic rings. The summed E-state index contributed by atoms with van der Waals surface area (Å²) in [5.41, 5.74) is -0.283. The van der Waals surface area contributed by atoms with Crippen molar-refractivity contribution in [3.05, 3.63) is 29.1 Å². The third kappa shape index (κ3) is 3.86. The average Bonchev–Trinajstić information content (AvgIpc) is 2.45. The molecule has 1 aliphatic heterocycles. The van der Waals surface area contributed by atoms with Gasteiger partial charge in [0.2, 0.25) is 5.91 Å². The quantitative estimate of drug-likeness (QED) is 0.673. The Morgan fingerprint density at radius 3 is 2.70 bits per heavy atom. The Morgan fingerprint density at radius 2 is 2.09 bits per heavy atom. The van der Waals surface area contributed by atoms with Crippen LogP contribution in [0.4, 0.5) is 4.39 Å². The van der Waals surface area contributed by atoms with Gasteiger partial charge in [-0.3, -0.25) is 4.79 Å². The number of hydrogen-bond acceptors (Lipinski definition) is 5. The van der Waals surface area contributed by atoms with Gasteiger partial charge in [-0.15, -0.1) is 0 Å². The number of ketones is 1. The summed E-state index contributed by atoms with van der Waals surface area (Å²) in [6.07, 6.45) is 0.151. The molecule has 0 unspecified atom stereocenters. The normalized spacial score (nSPS) is 16.3. The highest BCUT2D eigenvalue weighted by Crippen LogP contribution is 2.32. The van der Waals surface area contributed by atoms with E-state index in [0.717, 1.165) is 6.07 Å². The first-order valence-electron chi connectivity index (χ1n) is 6.97. The highest BCUT2D eigenvalue weighted by Gasteiger charge is 2.38. The topological polar surface area (TPSA) is 113 Å². The highest BCUT2D eigenvalue weighted by atomic mass is 19.1. The summed E-state index contributed by atoms with van der Waals surface area (Å²) in [7, 11) is -1.51. The van der Waals surface area contributed by atoms with Gasteiger partial charge in [-0.2, -0.15) is 0 Å². The van der Waals surface area contributed by atoms with Crippen LogP contribution in [0.25, 0.3) is 0 Å². The van der Waals surface area contributed by atoms with E-state index in [0.29, 0.717) is 5.56 Å². The zero-order valence-electron chi connectivity index (χ0n) is 12.3. The fourth-order valence-corrected chi connectivity index (χ4v) is 2.33. The van der Waals surface area contributed by atoms with Gasteiger partial charge < -0.3 is 24.9 Å². The van der Waals surface area contributed by atoms with Crippen molar-refractivity contribution in [2.45, 2.75) is 32.1 Å². The molecule has 1 aliphatic rings. The number of nitrogens with one attached hydrogen (secondary N) is 1. The maximum Gasteiger partial charge on any atom is 0.547 e. The first-order chi connectivity index (χ1) is 10.8. The molecule has 0 spiro atoms. The Kier molecular flexibility index (Phi) is 5.00. The van der Waals surface area contributed by atoms with E-state index in [9.17, 15) is 23.8 Å². The fourth-order valence-electron chi connectivity index (χ4n) is 2.33. The number of carbonyl (C=O) groups excluding carboxylic acids is 2. The maximum atomic E-state index is 13.6. The zero-order chi connectivity index (χ0) is 17.1. The van der Waals surface area contributed by atoms with E-state index in [-0.39, 0.29) is 30.8 Å². The van der Waals surface area contributed by atoms with Crippen molar-refractivity contribution >= 4 is 24.8 Å². The second-order valence-corrected chi connectivity index (χ2v) is 5.30. The van der Waals surface area contributed by atoms with Gasteiger partial charge in [0.05, 0.1) is 5.94 Å². The van der Waals surface area contributed by atoms with Crippen LogP contribution in [-0.2, 0) is 16.0 Å². The lowest BCUT2D eigenvalue weighted by molar-refractivity contribution is -0.124. The van der Waals surface area contributed by atoms with Crippen LogP contribution in [0.1, 0.15) is 35.7 Å². The van der Waals surface area contributed by atoms with Gasteiger partial charge in [0.25, 0.3) is 0 Å². The molecule has 0 aliphatic carbocycles. The molecule has 0 saturated carbocycles. The van der Waals surface area contributed by atoms with E-state index in [1.807, 2.05) is 0 Å². The van der Waals surface area contributed by atoms with E-state index in [4.69, 9.17) is 9.76 Å². The van der Waals surface area contributed by atoms with Crippen molar-refractivity contribution in [3.8, 4) is 5.75 Å². The molecule has 9 heteroatoms. The van der Waals surface area contributed by atoms with E-state index < -0.39 is 36.3 Å². The van der Waals surface area contributed by atoms with Gasteiger partial charge >= 0.3 is 13.1 Å². The molecule has 23 heavy (non-hydrogen) atoms. The number of fused-ring (bicyclic) bond motifs is 1. The maximum absolute atomic E-state index is 13.6. The van der Waals surface area contributed by atoms with Gasteiger partial charge in [-0.25, -0.2) is 9.18 Å². The van der Waals surface area contributed by atoms with Crippen LogP contribution in [0.2, 0.25) is 0 Å². The number of carboxylic acid groups (broad SMARTS) is 1. The van der Waals surface area contributed by atoms with Crippen LogP contribution >= 0.6 is 0 Å². The van der Waals surface area contributed by atoms with E-state index >= 15 is 0 Å². The third-order valence-corrected chi connectivity index (χ3v) is 3.48. The van der Waals surface area contributed by atoms with Crippen molar-refractivity contribution in [2.24, 2.45) is 0 Å². The Hall–Kier alpha value is -2.42. The average molecular weight is 323 g/mol. The molecular weight excluding hydrogens is 308 g/mol. The Labute approximate surface area is 131 Å². The van der Waals surface area contributed by atoms with Crippen LogP contribution in [0, 0.1) is 5.82 Å². The van der Waals surface area contributed by atoms with Gasteiger partial charge in [-0.05, 0) is 25.0 Å². The van der Waals surface area contributed by atoms with Crippen molar-refractivity contribution in [3.63, 3.8) is 0 Å². The second kappa shape index (κ2) is 6.78. The molecule has 7 nitrogen and oxygen atoms in total. The van der Waals surface area contributed by atoms with Gasteiger partial charge in [-0.1, -0.05) is 6.07 Å². The molecule has 1 atom stereocenters. The molecule has 122 valence electrons. The second-order valence-electron chi connectivity index (χ2n) is 5.30. The van der Waals surface area contributed by atoms with E-state index in [1.54, 1.807) is 0 Å². The van der Waals surface area contributed by atoms with Crippen molar-refractivity contribution in [2.75, 3.05) is 0 Å². The summed E-state index contributed by atoms with van der Waals surface area (Å²) >= 11 is 0. The van der Waals surface area contributed by atoms with Crippen LogP contribution < -0.4 is 9.97 Å². The molecule has 2 rings (SSSR count). The summed E-state index contributed by atoms with van der Waals surface area (Å²) in [5.74, 6) is -4.08. The molecule has 1 heterocycles. The number of halogens is 1. The first kappa shape index (κ1) is 16.9. The first-order valence-corrected chi connectivity index (χ1v) is 6.97. The minimum Gasteiger partial charge on any atom is -0.534 e. The predicted octanol–water partition coefficient (Wildman–Crippen LogP) is 0.332. The number of benzene rings is 1. The molecule has 0 saturated heterocycles. The molecule has 3 N–H and O–H groups in total. The summed E-state index contributed by atoms with van der Waals surface area (Å²) in [4.78, 5) is 33.7. The third-order valence-electron chi connectivity index (χ3n) is 3.48. The monoisotopic (exact) mass is 323 g/mol. The number of aromatic carboxylic acids is 1. The summed E-state index contributed by atoms with van der Waals surface area (Å²) in [6.45, 7) is 1.37. The van der Waals surface area contributed by atoms with Crippen LogP contribution in [0.5, 0.6) is 5.75 Å². The minimum atomic E-state index is -1.51. The van der Waals surface area contributed by atoms with Crippen LogP contribution in [0.15, 0.2) is 12.1 Å². The van der Waals surface area contributed by atoms with Crippen LogP contribution in [0.3, 0.4) is 0 Å². The molecule has 1 amide bonds. The molecule has 1 aromatic carbocycles. The minimum absolute atomic E-state index is 0.0186. The van der Waals surface area contributed by atoms with E-state index in [1.165, 1.54) is 13.0 Å². The molecule has 0 radical (unpaired) electrons. The fraction of sp³-hybridized carbons (Fsp3) is 0.357. The SMILES string of the molecule is CC(=O)CCC(=O)N[C@H]1Cc2ccc(F)c(C(=O)O)c2OB1O. The number of Topliss-reactive ketones (excluding diaryl/α,β-unsaturated/α-hetero) is 1. The lowest BCUT2D eigenvalue weighted by Gasteiger charge is -2.29. The zero-order valence-corrected chi connectivity index (χ0v) is 12.3. The Bertz CT molecular complexity index is 665. The number of rotatable bonds is 5. The Morgan fingerprint density at radius 1 is 1.39 bits per heavy atom. The number of carbonyl (C=O) groups is 3. The molecular formula is C14H15BFNO6. The largest absolute Gasteiger partial charge is 0.547 e. The van der Waals surface area contributed by atoms with Gasteiger partial charge in [0.1, 0.15) is 22.9 Å². The number of amides is 1. The van der Waals surface area contributed by atoms with E-state index in [2.05, 4.69) is 5.32 Å². The van der Waals surface area contributed by atoms with Crippen molar-refractivity contribution < 1.29 is 33.6 Å².